The van der Waals surface area contributed by atoms with Crippen molar-refractivity contribution in [1.29, 1.82) is 0 Å². The van der Waals surface area contributed by atoms with Crippen LogP contribution in [-0.4, -0.2) is 4.98 Å². The van der Waals surface area contributed by atoms with Gasteiger partial charge in [0.15, 0.2) is 0 Å². The predicted octanol–water partition coefficient (Wildman–Crippen LogP) is 1.80. The van der Waals surface area contributed by atoms with Crippen LogP contribution in [0.1, 0.15) is 30.1 Å². The quantitative estimate of drug-likeness (QED) is 0.720. The van der Waals surface area contributed by atoms with Crippen LogP contribution in [0, 0.1) is 12.8 Å². The SMILES string of the molecule is Cc1cc([C@@H](N)C2CC2)ccn1. The van der Waals surface area contributed by atoms with E-state index in [2.05, 4.69) is 11.1 Å². The normalized spacial score (nSPS) is 19.2. The fraction of sp³-hybridized carbons (Fsp3) is 0.500. The summed E-state index contributed by atoms with van der Waals surface area (Å²) >= 11 is 0. The van der Waals surface area contributed by atoms with E-state index >= 15 is 0 Å². The molecule has 12 heavy (non-hydrogen) atoms. The molecule has 0 aromatic carbocycles. The zero-order valence-electron chi connectivity index (χ0n) is 7.33. The predicted molar refractivity (Wildman–Crippen MR) is 48.6 cm³/mol. The third kappa shape index (κ3) is 1.48. The maximum atomic E-state index is 6.04. The van der Waals surface area contributed by atoms with Crippen molar-refractivity contribution in [3.05, 3.63) is 29.6 Å². The molecule has 64 valence electrons. The molecule has 0 saturated heterocycles. The molecule has 1 aliphatic carbocycles. The summed E-state index contributed by atoms with van der Waals surface area (Å²) in [7, 11) is 0. The summed E-state index contributed by atoms with van der Waals surface area (Å²) < 4.78 is 0. The van der Waals surface area contributed by atoms with Crippen molar-refractivity contribution in [3.63, 3.8) is 0 Å². The molecular formula is C10H14N2. The Balaban J connectivity index is 2.20. The third-order valence-corrected chi connectivity index (χ3v) is 2.44. The van der Waals surface area contributed by atoms with Crippen LogP contribution in [0.15, 0.2) is 18.3 Å². The van der Waals surface area contributed by atoms with Gasteiger partial charge in [0.05, 0.1) is 0 Å². The molecule has 2 heteroatoms. The van der Waals surface area contributed by atoms with E-state index in [0.29, 0.717) is 0 Å². The van der Waals surface area contributed by atoms with Crippen LogP contribution in [0.4, 0.5) is 0 Å². The molecule has 1 aromatic heterocycles. The summed E-state index contributed by atoms with van der Waals surface area (Å²) in [5, 5.41) is 0. The van der Waals surface area contributed by atoms with E-state index in [1.54, 1.807) is 0 Å². The Kier molecular flexibility index (Phi) is 1.85. The molecule has 0 spiro atoms. The van der Waals surface area contributed by atoms with Gasteiger partial charge in [-0.2, -0.15) is 0 Å². The van der Waals surface area contributed by atoms with Gasteiger partial charge in [-0.1, -0.05) is 0 Å². The summed E-state index contributed by atoms with van der Waals surface area (Å²) in [6.07, 6.45) is 4.43. The van der Waals surface area contributed by atoms with Crippen molar-refractivity contribution >= 4 is 0 Å². The highest BCUT2D eigenvalue weighted by Crippen LogP contribution is 2.39. The van der Waals surface area contributed by atoms with E-state index in [1.165, 1.54) is 18.4 Å². The number of hydrogen-bond acceptors (Lipinski definition) is 2. The molecular weight excluding hydrogens is 148 g/mol. The summed E-state index contributed by atoms with van der Waals surface area (Å²) in [5.74, 6) is 0.729. The molecule has 0 amide bonds. The first-order valence-corrected chi connectivity index (χ1v) is 4.45. The topological polar surface area (TPSA) is 38.9 Å². The Morgan fingerprint density at radius 1 is 1.58 bits per heavy atom. The van der Waals surface area contributed by atoms with E-state index < -0.39 is 0 Å². The largest absolute Gasteiger partial charge is 0.324 e. The van der Waals surface area contributed by atoms with Gasteiger partial charge in [-0.25, -0.2) is 0 Å². The van der Waals surface area contributed by atoms with Gasteiger partial charge in [0.25, 0.3) is 0 Å². The number of aryl methyl sites for hydroxylation is 1. The van der Waals surface area contributed by atoms with Gasteiger partial charge in [0.1, 0.15) is 0 Å². The van der Waals surface area contributed by atoms with Crippen LogP contribution in [-0.2, 0) is 0 Å². The molecule has 2 N–H and O–H groups in total. The Labute approximate surface area is 72.8 Å². The second-order valence-electron chi connectivity index (χ2n) is 3.59. The fourth-order valence-electron chi connectivity index (χ4n) is 1.50. The van der Waals surface area contributed by atoms with Crippen molar-refractivity contribution in [2.45, 2.75) is 25.8 Å². The highest BCUT2D eigenvalue weighted by Gasteiger charge is 2.29. The van der Waals surface area contributed by atoms with Crippen molar-refractivity contribution in [1.82, 2.24) is 4.98 Å². The van der Waals surface area contributed by atoms with Gasteiger partial charge in [-0.05, 0) is 43.4 Å². The zero-order chi connectivity index (χ0) is 8.55. The standard InChI is InChI=1S/C10H14N2/c1-7-6-9(4-5-12-7)10(11)8-2-3-8/h4-6,8,10H,2-3,11H2,1H3/t10-/m0/s1. The minimum Gasteiger partial charge on any atom is -0.324 e. The van der Waals surface area contributed by atoms with Gasteiger partial charge in [-0.3, -0.25) is 4.98 Å². The molecule has 1 aliphatic rings. The van der Waals surface area contributed by atoms with Crippen molar-refractivity contribution in [3.8, 4) is 0 Å². The van der Waals surface area contributed by atoms with E-state index in [-0.39, 0.29) is 6.04 Å². The van der Waals surface area contributed by atoms with Gasteiger partial charge < -0.3 is 5.73 Å². The molecule has 0 aliphatic heterocycles. The Hall–Kier alpha value is -0.890. The van der Waals surface area contributed by atoms with Gasteiger partial charge in [0.2, 0.25) is 0 Å². The van der Waals surface area contributed by atoms with Gasteiger partial charge >= 0.3 is 0 Å². The maximum Gasteiger partial charge on any atom is 0.0375 e. The smallest absolute Gasteiger partial charge is 0.0375 e. The lowest BCUT2D eigenvalue weighted by atomic mass is 10.0. The first kappa shape index (κ1) is 7.74. The first-order valence-electron chi connectivity index (χ1n) is 4.45. The molecule has 2 rings (SSSR count). The summed E-state index contributed by atoms with van der Waals surface area (Å²) in [6.45, 7) is 2.00. The molecule has 1 fully saturated rings. The number of hydrogen-bond donors (Lipinski definition) is 1. The van der Waals surface area contributed by atoms with Crippen LogP contribution in [0.3, 0.4) is 0 Å². The summed E-state index contributed by atoms with van der Waals surface area (Å²) in [5.41, 5.74) is 8.34. The molecule has 1 aromatic rings. The molecule has 1 heterocycles. The Morgan fingerprint density at radius 2 is 2.33 bits per heavy atom. The second kappa shape index (κ2) is 2.87. The van der Waals surface area contributed by atoms with Crippen molar-refractivity contribution in [2.75, 3.05) is 0 Å². The van der Waals surface area contributed by atoms with Crippen LogP contribution in [0.25, 0.3) is 0 Å². The minimum absolute atomic E-state index is 0.242. The molecule has 0 radical (unpaired) electrons. The van der Waals surface area contributed by atoms with Crippen LogP contribution in [0.2, 0.25) is 0 Å². The average molecular weight is 162 g/mol. The van der Waals surface area contributed by atoms with E-state index in [1.807, 2.05) is 19.2 Å². The minimum atomic E-state index is 0.242. The molecule has 2 nitrogen and oxygen atoms in total. The second-order valence-corrected chi connectivity index (χ2v) is 3.59. The Morgan fingerprint density at radius 3 is 2.92 bits per heavy atom. The Bertz CT molecular complexity index is 279. The van der Waals surface area contributed by atoms with Crippen LogP contribution >= 0.6 is 0 Å². The molecule has 0 bridgehead atoms. The first-order chi connectivity index (χ1) is 5.77. The van der Waals surface area contributed by atoms with Crippen LogP contribution < -0.4 is 5.73 Å². The fourth-order valence-corrected chi connectivity index (χ4v) is 1.50. The third-order valence-electron chi connectivity index (χ3n) is 2.44. The van der Waals surface area contributed by atoms with Crippen LogP contribution in [0.5, 0.6) is 0 Å². The number of nitrogens with two attached hydrogens (primary N) is 1. The number of pyridine rings is 1. The lowest BCUT2D eigenvalue weighted by Gasteiger charge is -2.10. The van der Waals surface area contributed by atoms with Crippen molar-refractivity contribution < 1.29 is 0 Å². The molecule has 1 atom stereocenters. The van der Waals surface area contributed by atoms with E-state index in [4.69, 9.17) is 5.73 Å². The van der Waals surface area contributed by atoms with Gasteiger partial charge in [-0.15, -0.1) is 0 Å². The van der Waals surface area contributed by atoms with E-state index in [9.17, 15) is 0 Å². The number of nitrogens with zero attached hydrogens (tertiary/aromatic N) is 1. The summed E-state index contributed by atoms with van der Waals surface area (Å²) in [6, 6.07) is 4.35. The van der Waals surface area contributed by atoms with Crippen molar-refractivity contribution in [2.24, 2.45) is 11.7 Å². The highest BCUT2D eigenvalue weighted by molar-refractivity contribution is 5.20. The maximum absolute atomic E-state index is 6.04. The lowest BCUT2D eigenvalue weighted by molar-refractivity contribution is 0.632. The number of aromatic nitrogens is 1. The average Bonchev–Trinajstić information content (AvgIpc) is 2.85. The zero-order valence-corrected chi connectivity index (χ0v) is 7.33. The summed E-state index contributed by atoms with van der Waals surface area (Å²) in [4.78, 5) is 4.15. The highest BCUT2D eigenvalue weighted by atomic mass is 14.7. The van der Waals surface area contributed by atoms with E-state index in [0.717, 1.165) is 11.6 Å². The number of rotatable bonds is 2. The molecule has 0 unspecified atom stereocenters. The van der Waals surface area contributed by atoms with Gasteiger partial charge in [0, 0.05) is 17.9 Å². The monoisotopic (exact) mass is 162 g/mol. The lowest BCUT2D eigenvalue weighted by Crippen LogP contribution is -2.12. The molecule has 1 saturated carbocycles.